The molecule has 1 aliphatic carbocycles. The number of cyclic esters (lactones) is 1. The molecule has 3 N–H and O–H groups in total. The van der Waals surface area contributed by atoms with E-state index in [1.54, 1.807) is 41.1 Å². The summed E-state index contributed by atoms with van der Waals surface area (Å²) in [4.78, 5) is 71.9. The molecule has 1 aromatic heterocycles. The van der Waals surface area contributed by atoms with Gasteiger partial charge in [-0.2, -0.15) is 5.21 Å². The molecule has 17 heteroatoms. The van der Waals surface area contributed by atoms with Gasteiger partial charge in [-0.1, -0.05) is 83.2 Å². The SMILES string of the molecule is CO[C@H]1C[C@@H]2CC[C@@H](C)[C@@](O)(O2)C(=O)C(=O)N2CCCC[C@H]2C(=O)O[C@H]([C@H](C)C[C@@H]2CCC(C)[C@H](OC)C2)CC(=O)[C@H](C)/C=C(\C)[C@@H](O)[C@@H](OC)C(=O)[C@H](C)C[C@H](C)/C=C/C=CC=C1C.c1nn[nH]n1. The topological polar surface area (TPSA) is 230 Å². The number of amides is 1. The predicted molar refractivity (Wildman–Crippen MR) is 262 cm³/mol. The van der Waals surface area contributed by atoms with Gasteiger partial charge in [-0.15, -0.1) is 10.2 Å². The minimum atomic E-state index is -2.41. The fourth-order valence-corrected chi connectivity index (χ4v) is 10.5. The molecule has 2 bridgehead atoms. The van der Waals surface area contributed by atoms with Gasteiger partial charge < -0.3 is 38.8 Å². The summed E-state index contributed by atoms with van der Waals surface area (Å²) in [6, 6.07) is -1.11. The molecule has 1 amide bonds. The number of nitrogens with one attached hydrogen (secondary N) is 1. The highest BCUT2D eigenvalue weighted by molar-refractivity contribution is 6.39. The third-order valence-corrected chi connectivity index (χ3v) is 15.1. The lowest BCUT2D eigenvalue weighted by molar-refractivity contribution is -0.265. The minimum Gasteiger partial charge on any atom is -0.460 e. The fourth-order valence-electron chi connectivity index (χ4n) is 10.5. The number of allylic oxidation sites excluding steroid dienone is 6. The lowest BCUT2D eigenvalue weighted by Gasteiger charge is -2.42. The number of carbonyl (C=O) groups excluding carboxylic acids is 5. The first kappa shape index (κ1) is 58.3. The van der Waals surface area contributed by atoms with E-state index in [-0.39, 0.29) is 54.8 Å². The summed E-state index contributed by atoms with van der Waals surface area (Å²) in [7, 11) is 4.70. The Morgan fingerprint density at radius 2 is 1.63 bits per heavy atom. The van der Waals surface area contributed by atoms with Gasteiger partial charge in [-0.3, -0.25) is 19.2 Å². The van der Waals surface area contributed by atoms with Gasteiger partial charge >= 0.3 is 5.97 Å². The van der Waals surface area contributed by atoms with Crippen molar-refractivity contribution in [1.82, 2.24) is 25.5 Å². The third-order valence-electron chi connectivity index (χ3n) is 15.1. The number of fused-ring (bicyclic) bond motifs is 3. The number of ether oxygens (including phenoxy) is 5. The molecular weight excluding hydrogens is 899 g/mol. The second-order valence-corrected chi connectivity index (χ2v) is 20.6. The molecular formula is C53H83N5O12. The van der Waals surface area contributed by atoms with Crippen LogP contribution in [0.5, 0.6) is 0 Å². The summed E-state index contributed by atoms with van der Waals surface area (Å²) in [5.74, 6) is -7.07. The number of tetrazole rings is 1. The molecule has 4 aliphatic rings. The maximum absolute atomic E-state index is 14.4. The van der Waals surface area contributed by atoms with Gasteiger partial charge in [0.05, 0.1) is 18.3 Å². The van der Waals surface area contributed by atoms with Crippen molar-refractivity contribution < 1.29 is 57.9 Å². The fraction of sp³-hybridized carbons (Fsp3) is 0.736. The molecule has 2 saturated heterocycles. The Morgan fingerprint density at radius 3 is 2.27 bits per heavy atom. The number of nitrogens with zero attached hydrogens (tertiary/aromatic N) is 4. The number of hydrogen-bond acceptors (Lipinski definition) is 15. The van der Waals surface area contributed by atoms with E-state index in [0.717, 1.165) is 24.8 Å². The van der Waals surface area contributed by atoms with Crippen LogP contribution in [-0.4, -0.2) is 141 Å². The molecule has 4 heterocycles. The zero-order valence-corrected chi connectivity index (χ0v) is 43.6. The van der Waals surface area contributed by atoms with Crippen LogP contribution in [0, 0.1) is 41.4 Å². The summed E-state index contributed by atoms with van der Waals surface area (Å²) in [6.07, 6.45) is 15.0. The zero-order valence-electron chi connectivity index (χ0n) is 43.6. The number of H-pyrrole nitrogens is 1. The molecule has 3 fully saturated rings. The van der Waals surface area contributed by atoms with Crippen molar-refractivity contribution in [3.63, 3.8) is 0 Å². The van der Waals surface area contributed by atoms with Crippen LogP contribution in [0.4, 0.5) is 0 Å². The number of hydrogen-bond donors (Lipinski definition) is 3. The van der Waals surface area contributed by atoms with Crippen molar-refractivity contribution in [3.05, 3.63) is 53.9 Å². The quantitative estimate of drug-likeness (QED) is 0.154. The molecule has 392 valence electrons. The van der Waals surface area contributed by atoms with Gasteiger partial charge in [-0.25, -0.2) is 4.79 Å². The number of ketones is 3. The normalized spacial score (nSPS) is 36.9. The van der Waals surface area contributed by atoms with Crippen molar-refractivity contribution in [2.24, 2.45) is 41.4 Å². The lowest BCUT2D eigenvalue weighted by atomic mass is 9.76. The second-order valence-electron chi connectivity index (χ2n) is 20.6. The first-order chi connectivity index (χ1) is 33.2. The van der Waals surface area contributed by atoms with Crippen molar-refractivity contribution in [2.45, 2.75) is 181 Å². The minimum absolute atomic E-state index is 0.0304. The standard InChI is InChI=1S/C52H81NO12.CH2N4/c1-31-17-13-12-14-18-32(2)44(62-10)29-40-23-21-38(8)52(60,65-40)49(57)50(58)53-24-16-15-19-41(53)51(59)64-45(35(5)27-39-22-20-33(3)43(28-39)61-9)30-42(54)34(4)26-37(7)47(56)48(63-11)46(55)36(6)25-31;1-2-4-5-3-1/h12-14,17-18,26,31,33-36,38-41,43-45,47-48,56,60H,15-16,19-25,27-30H2,1-11H3;1H,(H,2,3,4,5)/b14-12?,17-13+,32-18?,37-26+;/t31-,33?,34-,35-,36-,38-,39+,40+,41+,43-,44+,45+,47-,48+,52-;/m1./s1. The Labute approximate surface area is 415 Å². The van der Waals surface area contributed by atoms with E-state index in [1.807, 2.05) is 58.1 Å². The van der Waals surface area contributed by atoms with E-state index >= 15 is 0 Å². The number of Topliss-reactive ketones (excluding diaryl/α,β-unsaturated/α-hetero) is 3. The van der Waals surface area contributed by atoms with Crippen LogP contribution in [0.1, 0.15) is 132 Å². The van der Waals surface area contributed by atoms with Crippen LogP contribution in [0.25, 0.3) is 0 Å². The highest BCUT2D eigenvalue weighted by Gasteiger charge is 2.53. The van der Waals surface area contributed by atoms with Crippen molar-refractivity contribution in [2.75, 3.05) is 27.9 Å². The summed E-state index contributed by atoms with van der Waals surface area (Å²) in [5, 5.41) is 35.6. The van der Waals surface area contributed by atoms with Crippen molar-refractivity contribution in [1.29, 1.82) is 0 Å². The van der Waals surface area contributed by atoms with Crippen molar-refractivity contribution >= 4 is 29.2 Å². The smallest absolute Gasteiger partial charge is 0.329 e. The highest BCUT2D eigenvalue weighted by Crippen LogP contribution is 2.38. The number of aliphatic hydroxyl groups excluding tert-OH is 1. The third kappa shape index (κ3) is 16.1. The van der Waals surface area contributed by atoms with Gasteiger partial charge in [0, 0.05) is 58.5 Å². The number of piperidine rings is 1. The number of aromatic amines is 1. The molecule has 0 radical (unpaired) electrons. The van der Waals surface area contributed by atoms with Gasteiger partial charge in [-0.05, 0) is 113 Å². The van der Waals surface area contributed by atoms with E-state index in [4.69, 9.17) is 23.7 Å². The summed E-state index contributed by atoms with van der Waals surface area (Å²) in [6.45, 7) is 15.1. The Kier molecular flexibility index (Phi) is 23.4. The van der Waals surface area contributed by atoms with Crippen LogP contribution in [-0.2, 0) is 47.7 Å². The van der Waals surface area contributed by atoms with Gasteiger partial charge in [0.15, 0.2) is 12.1 Å². The molecule has 17 nitrogen and oxygen atoms in total. The molecule has 1 unspecified atom stereocenters. The van der Waals surface area contributed by atoms with E-state index in [0.29, 0.717) is 56.4 Å². The molecule has 1 saturated carbocycles. The number of carbonyl (C=O) groups is 5. The predicted octanol–water partition coefficient (Wildman–Crippen LogP) is 6.66. The molecule has 1 aromatic rings. The maximum Gasteiger partial charge on any atom is 0.329 e. The Morgan fingerprint density at radius 1 is 0.886 bits per heavy atom. The van der Waals surface area contributed by atoms with E-state index in [1.165, 1.54) is 18.3 Å². The van der Waals surface area contributed by atoms with Crippen LogP contribution >= 0.6 is 0 Å². The van der Waals surface area contributed by atoms with Crippen LogP contribution in [0.2, 0.25) is 0 Å². The summed E-state index contributed by atoms with van der Waals surface area (Å²) in [5.41, 5.74) is 1.30. The number of esters is 1. The molecule has 3 aliphatic heterocycles. The first-order valence-electron chi connectivity index (χ1n) is 25.4. The largest absolute Gasteiger partial charge is 0.460 e. The Balaban J connectivity index is 0.00000200. The molecule has 5 rings (SSSR count). The monoisotopic (exact) mass is 982 g/mol. The van der Waals surface area contributed by atoms with Gasteiger partial charge in [0.25, 0.3) is 11.7 Å². The second kappa shape index (κ2) is 28.1. The molecule has 15 atom stereocenters. The maximum atomic E-state index is 14.4. The van der Waals surface area contributed by atoms with E-state index in [2.05, 4.69) is 27.5 Å². The van der Waals surface area contributed by atoms with Crippen LogP contribution < -0.4 is 0 Å². The Hall–Kier alpha value is -4.26. The van der Waals surface area contributed by atoms with Crippen LogP contribution in [0.3, 0.4) is 0 Å². The summed E-state index contributed by atoms with van der Waals surface area (Å²) >= 11 is 0. The number of methoxy groups -OCH3 is 3. The highest BCUT2D eigenvalue weighted by atomic mass is 16.6. The first-order valence-corrected chi connectivity index (χ1v) is 25.4. The average Bonchev–Trinajstić information content (AvgIpc) is 3.94. The molecule has 70 heavy (non-hydrogen) atoms. The zero-order chi connectivity index (χ0) is 51.7. The van der Waals surface area contributed by atoms with Gasteiger partial charge in [0.1, 0.15) is 30.1 Å². The van der Waals surface area contributed by atoms with Crippen LogP contribution in [0.15, 0.2) is 53.9 Å². The Bertz CT molecular complexity index is 1950. The number of aromatic nitrogens is 4. The summed E-state index contributed by atoms with van der Waals surface area (Å²) < 4.78 is 29.7. The molecule has 0 spiro atoms. The number of aliphatic hydroxyl groups is 2. The van der Waals surface area contributed by atoms with Gasteiger partial charge in [0.2, 0.25) is 5.79 Å². The molecule has 0 aromatic carbocycles. The van der Waals surface area contributed by atoms with E-state index in [9.17, 15) is 34.2 Å². The average molecular weight is 982 g/mol. The lowest BCUT2D eigenvalue weighted by Crippen LogP contribution is -2.61. The van der Waals surface area contributed by atoms with E-state index < -0.39 is 77.8 Å². The van der Waals surface area contributed by atoms with Crippen molar-refractivity contribution in [3.8, 4) is 0 Å². The number of rotatable bonds is 6.